The van der Waals surface area contributed by atoms with Gasteiger partial charge in [-0.2, -0.15) is 0 Å². The van der Waals surface area contributed by atoms with Crippen LogP contribution in [0.15, 0.2) is 18.2 Å². The number of rotatable bonds is 3. The number of hydrogen-bond acceptors (Lipinski definition) is 5. The summed E-state index contributed by atoms with van der Waals surface area (Å²) in [5.74, 6) is 0.474. The Morgan fingerprint density at radius 1 is 1.40 bits per heavy atom. The van der Waals surface area contributed by atoms with Crippen LogP contribution in [0.2, 0.25) is 0 Å². The van der Waals surface area contributed by atoms with E-state index in [0.717, 1.165) is 6.42 Å². The van der Waals surface area contributed by atoms with Crippen LogP contribution in [-0.4, -0.2) is 35.8 Å². The molecule has 0 spiro atoms. The number of nitrogens with zero attached hydrogens (tertiary/aromatic N) is 2. The maximum Gasteiger partial charge on any atom is 0.296 e. The van der Waals surface area contributed by atoms with Crippen LogP contribution in [0.4, 0.5) is 11.4 Å². The number of anilines is 1. The molecule has 1 N–H and O–H groups in total. The molecule has 0 aromatic heterocycles. The second-order valence-electron chi connectivity index (χ2n) is 5.45. The molecule has 0 aliphatic carbocycles. The average Bonchev–Trinajstić information content (AvgIpc) is 2.59. The normalized spacial score (nSPS) is 23.2. The second kappa shape index (κ2) is 5.66. The minimum Gasteiger partial charge on any atom is -0.496 e. The molecule has 0 radical (unpaired) electrons. The van der Waals surface area contributed by atoms with Crippen molar-refractivity contribution >= 4 is 11.4 Å². The van der Waals surface area contributed by atoms with Crippen molar-refractivity contribution in [1.82, 2.24) is 0 Å². The predicted octanol–water partition coefficient (Wildman–Crippen LogP) is 2.34. The van der Waals surface area contributed by atoms with Crippen LogP contribution in [0.3, 0.4) is 0 Å². The number of aliphatic hydroxyl groups is 1. The molecule has 1 aromatic rings. The summed E-state index contributed by atoms with van der Waals surface area (Å²) in [6.45, 7) is 3.14. The topological polar surface area (TPSA) is 75.8 Å². The highest BCUT2D eigenvalue weighted by atomic mass is 16.6. The van der Waals surface area contributed by atoms with Crippen molar-refractivity contribution in [2.24, 2.45) is 0 Å². The van der Waals surface area contributed by atoms with Crippen molar-refractivity contribution in [3.63, 3.8) is 0 Å². The van der Waals surface area contributed by atoms with Gasteiger partial charge >= 0.3 is 0 Å². The number of benzene rings is 1. The quantitative estimate of drug-likeness (QED) is 0.679. The summed E-state index contributed by atoms with van der Waals surface area (Å²) in [5.41, 5.74) is -0.0462. The smallest absolute Gasteiger partial charge is 0.296 e. The summed E-state index contributed by atoms with van der Waals surface area (Å²) in [7, 11) is 1.49. The van der Waals surface area contributed by atoms with E-state index in [1.165, 1.54) is 13.2 Å². The first-order chi connectivity index (χ1) is 9.43. The molecule has 1 heterocycles. The minimum absolute atomic E-state index is 0.0471. The van der Waals surface area contributed by atoms with E-state index in [0.29, 0.717) is 37.4 Å². The van der Waals surface area contributed by atoms with Crippen molar-refractivity contribution in [2.75, 3.05) is 25.1 Å². The second-order valence-corrected chi connectivity index (χ2v) is 5.45. The number of hydrogen-bond donors (Lipinski definition) is 1. The van der Waals surface area contributed by atoms with Crippen LogP contribution in [0.5, 0.6) is 5.75 Å². The van der Waals surface area contributed by atoms with Crippen molar-refractivity contribution in [3.8, 4) is 5.75 Å². The molecule has 6 heteroatoms. The zero-order valence-electron chi connectivity index (χ0n) is 11.8. The van der Waals surface area contributed by atoms with E-state index < -0.39 is 5.60 Å². The molecule has 110 valence electrons. The zero-order valence-corrected chi connectivity index (χ0v) is 11.8. The van der Waals surface area contributed by atoms with Gasteiger partial charge in [-0.15, -0.1) is 0 Å². The number of nitro benzene ring substituents is 1. The maximum absolute atomic E-state index is 11.2. The fourth-order valence-corrected chi connectivity index (χ4v) is 2.55. The molecule has 1 fully saturated rings. The fraction of sp³-hybridized carbons (Fsp3) is 0.571. The van der Waals surface area contributed by atoms with Gasteiger partial charge in [0.2, 0.25) is 0 Å². The lowest BCUT2D eigenvalue weighted by molar-refractivity contribution is -0.384. The molecule has 1 aliphatic rings. The summed E-state index contributed by atoms with van der Waals surface area (Å²) in [5, 5.41) is 21.3. The van der Waals surface area contributed by atoms with Crippen LogP contribution in [0.1, 0.15) is 26.2 Å². The third-order valence-corrected chi connectivity index (χ3v) is 3.78. The van der Waals surface area contributed by atoms with Crippen LogP contribution in [0, 0.1) is 10.1 Å². The van der Waals surface area contributed by atoms with Gasteiger partial charge in [-0.3, -0.25) is 10.1 Å². The molecule has 1 saturated heterocycles. The van der Waals surface area contributed by atoms with Crippen molar-refractivity contribution in [1.29, 1.82) is 0 Å². The third kappa shape index (κ3) is 3.19. The fourth-order valence-electron chi connectivity index (χ4n) is 2.55. The molecule has 1 atom stereocenters. The molecule has 1 unspecified atom stereocenters. The molecule has 0 amide bonds. The van der Waals surface area contributed by atoms with Crippen LogP contribution in [-0.2, 0) is 0 Å². The highest BCUT2D eigenvalue weighted by Crippen LogP contribution is 2.34. The minimum atomic E-state index is -0.685. The largest absolute Gasteiger partial charge is 0.496 e. The molecular formula is C14H20N2O4. The highest BCUT2D eigenvalue weighted by Gasteiger charge is 2.28. The number of ether oxygens (including phenoxy) is 1. The molecule has 20 heavy (non-hydrogen) atoms. The van der Waals surface area contributed by atoms with E-state index >= 15 is 0 Å². The first kappa shape index (κ1) is 14.6. The van der Waals surface area contributed by atoms with Gasteiger partial charge in [-0.1, -0.05) is 0 Å². The van der Waals surface area contributed by atoms with Crippen molar-refractivity contribution in [2.45, 2.75) is 31.8 Å². The van der Waals surface area contributed by atoms with Crippen molar-refractivity contribution < 1.29 is 14.8 Å². The van der Waals surface area contributed by atoms with Crippen LogP contribution >= 0.6 is 0 Å². The Hall–Kier alpha value is -1.82. The molecule has 0 bridgehead atoms. The molecule has 0 saturated carbocycles. The number of nitro groups is 1. The molecule has 6 nitrogen and oxygen atoms in total. The summed E-state index contributed by atoms with van der Waals surface area (Å²) < 4.78 is 5.04. The summed E-state index contributed by atoms with van der Waals surface area (Å²) >= 11 is 0. The summed E-state index contributed by atoms with van der Waals surface area (Å²) in [4.78, 5) is 12.8. The maximum atomic E-state index is 11.2. The molecular weight excluding hydrogens is 260 g/mol. The van der Waals surface area contributed by atoms with E-state index in [-0.39, 0.29) is 10.6 Å². The first-order valence-electron chi connectivity index (χ1n) is 6.73. The summed E-state index contributed by atoms with van der Waals surface area (Å²) in [6.07, 6.45) is 2.14. The third-order valence-electron chi connectivity index (χ3n) is 3.78. The van der Waals surface area contributed by atoms with Gasteiger partial charge in [-0.05, 0) is 38.3 Å². The SMILES string of the molecule is COc1ccc(N2CCCC(C)(O)CC2)c([N+](=O)[O-])c1. The van der Waals surface area contributed by atoms with E-state index in [1.807, 2.05) is 11.8 Å². The highest BCUT2D eigenvalue weighted by molar-refractivity contribution is 5.65. The Bertz CT molecular complexity index is 502. The Kier molecular flexibility index (Phi) is 4.13. The van der Waals surface area contributed by atoms with Gasteiger partial charge in [0.15, 0.2) is 0 Å². The Labute approximate surface area is 118 Å². The molecule has 2 rings (SSSR count). The summed E-state index contributed by atoms with van der Waals surface area (Å²) in [6, 6.07) is 4.89. The lowest BCUT2D eigenvalue weighted by atomic mass is 9.98. The Morgan fingerprint density at radius 3 is 2.80 bits per heavy atom. The van der Waals surface area contributed by atoms with E-state index in [2.05, 4.69) is 0 Å². The van der Waals surface area contributed by atoms with E-state index in [4.69, 9.17) is 4.74 Å². The van der Waals surface area contributed by atoms with Gasteiger partial charge in [0.25, 0.3) is 5.69 Å². The molecule has 1 aromatic carbocycles. The lowest BCUT2D eigenvalue weighted by Gasteiger charge is -2.24. The van der Waals surface area contributed by atoms with Crippen molar-refractivity contribution in [3.05, 3.63) is 28.3 Å². The first-order valence-corrected chi connectivity index (χ1v) is 6.73. The molecule has 1 aliphatic heterocycles. The van der Waals surface area contributed by atoms with Gasteiger partial charge < -0.3 is 14.7 Å². The lowest BCUT2D eigenvalue weighted by Crippen LogP contribution is -2.28. The van der Waals surface area contributed by atoms with Gasteiger partial charge in [0.1, 0.15) is 11.4 Å². The Balaban J connectivity index is 2.29. The van der Waals surface area contributed by atoms with E-state index in [1.54, 1.807) is 12.1 Å². The van der Waals surface area contributed by atoms with Crippen LogP contribution < -0.4 is 9.64 Å². The van der Waals surface area contributed by atoms with Gasteiger partial charge in [0.05, 0.1) is 23.7 Å². The predicted molar refractivity (Wildman–Crippen MR) is 76.3 cm³/mol. The van der Waals surface area contributed by atoms with Crippen LogP contribution in [0.25, 0.3) is 0 Å². The Morgan fingerprint density at radius 2 is 2.15 bits per heavy atom. The standard InChI is InChI=1S/C14H20N2O4/c1-14(17)6-3-8-15(9-7-14)12-5-4-11(20-2)10-13(12)16(18)19/h4-5,10,17H,3,6-9H2,1-2H3. The number of methoxy groups -OCH3 is 1. The monoisotopic (exact) mass is 280 g/mol. The van der Waals surface area contributed by atoms with Gasteiger partial charge in [-0.25, -0.2) is 0 Å². The zero-order chi connectivity index (χ0) is 14.8. The van der Waals surface area contributed by atoms with E-state index in [9.17, 15) is 15.2 Å². The average molecular weight is 280 g/mol. The van der Waals surface area contributed by atoms with Gasteiger partial charge in [0, 0.05) is 13.1 Å².